The molecule has 0 aliphatic heterocycles. The summed E-state index contributed by atoms with van der Waals surface area (Å²) in [4.78, 5) is 35.3. The van der Waals surface area contributed by atoms with Gasteiger partial charge in [-0.1, -0.05) is 6.92 Å². The molecule has 1 aliphatic rings. The zero-order valence-electron chi connectivity index (χ0n) is 11.7. The number of hydrogen-bond acceptors (Lipinski definition) is 4. The van der Waals surface area contributed by atoms with Crippen molar-refractivity contribution in [2.24, 2.45) is 11.7 Å². The highest BCUT2D eigenvalue weighted by molar-refractivity contribution is 7.10. The Kier molecular flexibility index (Phi) is 4.62. The first-order valence-corrected chi connectivity index (χ1v) is 7.67. The fourth-order valence-corrected chi connectivity index (χ4v) is 3.75. The molecule has 0 bridgehead atoms. The van der Waals surface area contributed by atoms with E-state index < -0.39 is 30.2 Å². The number of rotatable bonds is 5. The summed E-state index contributed by atoms with van der Waals surface area (Å²) in [6.45, 7) is 2.18. The number of carbonyl (C=O) groups is 3. The van der Waals surface area contributed by atoms with Crippen LogP contribution in [-0.2, 0) is 22.4 Å². The summed E-state index contributed by atoms with van der Waals surface area (Å²) in [6.07, 6.45) is 2.39. The molecule has 1 aromatic rings. The van der Waals surface area contributed by atoms with Gasteiger partial charge in [0.2, 0.25) is 5.91 Å². The second kappa shape index (κ2) is 6.26. The molecule has 2 unspecified atom stereocenters. The van der Waals surface area contributed by atoms with Crippen molar-refractivity contribution >= 4 is 29.1 Å². The predicted octanol–water partition coefficient (Wildman–Crippen LogP) is 0.931. The fourth-order valence-electron chi connectivity index (χ4n) is 2.51. The van der Waals surface area contributed by atoms with Crippen LogP contribution < -0.4 is 11.1 Å². The monoisotopic (exact) mass is 310 g/mol. The number of aliphatic carboxylic acids is 1. The van der Waals surface area contributed by atoms with Gasteiger partial charge in [0.25, 0.3) is 5.91 Å². The number of nitrogens with two attached hydrogens (primary N) is 1. The lowest BCUT2D eigenvalue weighted by atomic mass is 9.88. The number of carbonyl (C=O) groups excluding carboxylic acids is 2. The van der Waals surface area contributed by atoms with Gasteiger partial charge < -0.3 is 16.2 Å². The van der Waals surface area contributed by atoms with Gasteiger partial charge in [-0.3, -0.25) is 9.59 Å². The molecule has 0 radical (unpaired) electrons. The second-order valence-corrected chi connectivity index (χ2v) is 6.40. The number of nitrogens with one attached hydrogen (secondary N) is 1. The number of fused-ring (bicyclic) bond motifs is 1. The summed E-state index contributed by atoms with van der Waals surface area (Å²) >= 11 is 1.53. The van der Waals surface area contributed by atoms with Crippen LogP contribution in [0.1, 0.15) is 40.6 Å². The van der Waals surface area contributed by atoms with Crippen LogP contribution in [0.2, 0.25) is 0 Å². The Morgan fingerprint density at radius 1 is 1.52 bits per heavy atom. The van der Waals surface area contributed by atoms with Crippen molar-refractivity contribution < 1.29 is 19.5 Å². The van der Waals surface area contributed by atoms with Gasteiger partial charge in [-0.25, -0.2) is 4.79 Å². The molecule has 2 rings (SSSR count). The minimum atomic E-state index is -1.28. The van der Waals surface area contributed by atoms with E-state index in [1.165, 1.54) is 16.2 Å². The Labute approximate surface area is 126 Å². The predicted molar refractivity (Wildman–Crippen MR) is 78.2 cm³/mol. The Bertz CT molecular complexity index is 582. The largest absolute Gasteiger partial charge is 0.480 e. The third kappa shape index (κ3) is 3.60. The van der Waals surface area contributed by atoms with Crippen molar-refractivity contribution in [1.82, 2.24) is 5.32 Å². The second-order valence-electron chi connectivity index (χ2n) is 5.43. The molecule has 0 spiro atoms. The van der Waals surface area contributed by atoms with Crippen LogP contribution in [0.4, 0.5) is 0 Å². The fraction of sp³-hybridized carbons (Fsp3) is 0.500. The van der Waals surface area contributed by atoms with Gasteiger partial charge in [0.1, 0.15) is 6.04 Å². The molecule has 7 heteroatoms. The van der Waals surface area contributed by atoms with Gasteiger partial charge >= 0.3 is 5.97 Å². The van der Waals surface area contributed by atoms with Crippen LogP contribution in [0.3, 0.4) is 0 Å². The first-order valence-electron chi connectivity index (χ1n) is 6.79. The molecule has 114 valence electrons. The van der Waals surface area contributed by atoms with Crippen LogP contribution in [0.5, 0.6) is 0 Å². The number of carboxylic acid groups (broad SMARTS) is 1. The maximum absolute atomic E-state index is 12.2. The van der Waals surface area contributed by atoms with Gasteiger partial charge in [-0.2, -0.15) is 0 Å². The highest BCUT2D eigenvalue weighted by Crippen LogP contribution is 2.32. The minimum Gasteiger partial charge on any atom is -0.480 e. The number of amides is 2. The quantitative estimate of drug-likeness (QED) is 0.751. The molecule has 6 nitrogen and oxygen atoms in total. The molecule has 1 aromatic heterocycles. The third-order valence-electron chi connectivity index (χ3n) is 3.66. The van der Waals surface area contributed by atoms with E-state index in [2.05, 4.69) is 12.2 Å². The van der Waals surface area contributed by atoms with Crippen LogP contribution >= 0.6 is 11.3 Å². The van der Waals surface area contributed by atoms with E-state index >= 15 is 0 Å². The molecule has 2 atom stereocenters. The van der Waals surface area contributed by atoms with Crippen LogP contribution in [0.15, 0.2) is 5.38 Å². The lowest BCUT2D eigenvalue weighted by Gasteiger charge is -2.19. The van der Waals surface area contributed by atoms with E-state index in [9.17, 15) is 14.4 Å². The summed E-state index contributed by atoms with van der Waals surface area (Å²) in [5.41, 5.74) is 6.54. The lowest BCUT2D eigenvalue weighted by molar-refractivity contribution is -0.140. The summed E-state index contributed by atoms with van der Waals surface area (Å²) in [7, 11) is 0. The highest BCUT2D eigenvalue weighted by Gasteiger charge is 2.27. The average Bonchev–Trinajstić information content (AvgIpc) is 2.80. The normalized spacial score (nSPS) is 18.6. The Morgan fingerprint density at radius 2 is 2.24 bits per heavy atom. The van der Waals surface area contributed by atoms with Crippen molar-refractivity contribution in [3.05, 3.63) is 21.4 Å². The average molecular weight is 310 g/mol. The van der Waals surface area contributed by atoms with Gasteiger partial charge in [0.15, 0.2) is 0 Å². The van der Waals surface area contributed by atoms with Crippen molar-refractivity contribution in [2.45, 2.75) is 38.6 Å². The topological polar surface area (TPSA) is 109 Å². The van der Waals surface area contributed by atoms with Crippen LogP contribution in [0.25, 0.3) is 0 Å². The Hall–Kier alpha value is -1.89. The maximum Gasteiger partial charge on any atom is 0.326 e. The zero-order valence-corrected chi connectivity index (χ0v) is 12.5. The number of carboxylic acids is 1. The minimum absolute atomic E-state index is 0.412. The molecular weight excluding hydrogens is 292 g/mol. The molecular formula is C14H18N2O4S. The van der Waals surface area contributed by atoms with Crippen molar-refractivity contribution in [1.29, 1.82) is 0 Å². The van der Waals surface area contributed by atoms with Crippen molar-refractivity contribution in [2.75, 3.05) is 0 Å². The molecule has 4 N–H and O–H groups in total. The maximum atomic E-state index is 12.2. The summed E-state index contributed by atoms with van der Waals surface area (Å²) in [5, 5.41) is 13.2. The van der Waals surface area contributed by atoms with Crippen molar-refractivity contribution in [3.8, 4) is 0 Å². The highest BCUT2D eigenvalue weighted by atomic mass is 32.1. The molecule has 1 aliphatic carbocycles. The SMILES string of the molecule is CC1CCc2c(C(=O)NC(CC(N)=O)C(=O)O)csc2C1. The number of thiophene rings is 1. The van der Waals surface area contributed by atoms with Gasteiger partial charge in [-0.15, -0.1) is 11.3 Å². The molecule has 0 saturated heterocycles. The van der Waals surface area contributed by atoms with E-state index in [4.69, 9.17) is 10.8 Å². The smallest absolute Gasteiger partial charge is 0.326 e. The van der Waals surface area contributed by atoms with E-state index in [0.717, 1.165) is 24.8 Å². The first kappa shape index (κ1) is 15.5. The molecule has 2 amide bonds. The van der Waals surface area contributed by atoms with Crippen LogP contribution in [-0.4, -0.2) is 28.9 Å². The third-order valence-corrected chi connectivity index (χ3v) is 4.71. The summed E-state index contributed by atoms with van der Waals surface area (Å²) in [6, 6.07) is -1.28. The summed E-state index contributed by atoms with van der Waals surface area (Å²) in [5.74, 6) is -1.87. The molecule has 0 aromatic carbocycles. The van der Waals surface area contributed by atoms with E-state index in [1.54, 1.807) is 5.38 Å². The zero-order chi connectivity index (χ0) is 15.6. The van der Waals surface area contributed by atoms with E-state index in [0.29, 0.717) is 11.5 Å². The molecule has 0 saturated carbocycles. The summed E-state index contributed by atoms with van der Waals surface area (Å²) < 4.78 is 0. The molecule has 0 fully saturated rings. The lowest BCUT2D eigenvalue weighted by Crippen LogP contribution is -2.43. The van der Waals surface area contributed by atoms with Gasteiger partial charge in [0, 0.05) is 10.3 Å². The molecule has 1 heterocycles. The van der Waals surface area contributed by atoms with E-state index in [-0.39, 0.29) is 0 Å². The van der Waals surface area contributed by atoms with Gasteiger partial charge in [0.05, 0.1) is 12.0 Å². The number of hydrogen-bond donors (Lipinski definition) is 3. The Balaban J connectivity index is 2.13. The van der Waals surface area contributed by atoms with Gasteiger partial charge in [-0.05, 0) is 30.7 Å². The van der Waals surface area contributed by atoms with E-state index in [1.807, 2.05) is 0 Å². The van der Waals surface area contributed by atoms with Crippen LogP contribution in [0, 0.1) is 5.92 Å². The Morgan fingerprint density at radius 3 is 2.86 bits per heavy atom. The van der Waals surface area contributed by atoms with Crippen molar-refractivity contribution in [3.63, 3.8) is 0 Å². The standard InChI is InChI=1S/C14H18N2O4S/c1-7-2-3-8-9(6-21-11(8)4-7)13(18)16-10(14(19)20)5-12(15)17/h6-7,10H,2-5H2,1H3,(H2,15,17)(H,16,18)(H,19,20). The first-order chi connectivity index (χ1) is 9.88. The number of primary amides is 1. The molecule has 21 heavy (non-hydrogen) atoms.